The van der Waals surface area contributed by atoms with Crippen LogP contribution in [0.25, 0.3) is 0 Å². The zero-order valence-corrected chi connectivity index (χ0v) is 6.96. The van der Waals surface area contributed by atoms with Crippen molar-refractivity contribution in [1.82, 2.24) is 9.91 Å². The fourth-order valence-electron chi connectivity index (χ4n) is 1.29. The van der Waals surface area contributed by atoms with E-state index in [9.17, 15) is 4.39 Å². The summed E-state index contributed by atoms with van der Waals surface area (Å²) in [7, 11) is 1.82. The number of hydrogen-bond donors (Lipinski definition) is 1. The highest BCUT2D eigenvalue weighted by Crippen LogP contribution is 2.10. The lowest BCUT2D eigenvalue weighted by Gasteiger charge is -2.17. The molecule has 1 saturated heterocycles. The third-order valence-electron chi connectivity index (χ3n) is 1.98. The second kappa shape index (κ2) is 3.99. The molecule has 0 saturated carbocycles. The molecule has 4 heteroatoms. The quantitative estimate of drug-likeness (QED) is 0.461. The van der Waals surface area contributed by atoms with E-state index < -0.39 is 6.17 Å². The highest BCUT2D eigenvalue weighted by Gasteiger charge is 2.20. The number of likely N-dealkylation sites (tertiary alicyclic amines) is 1. The molecule has 0 bridgehead atoms. The minimum absolute atomic E-state index is 0.591. The van der Waals surface area contributed by atoms with E-state index in [4.69, 9.17) is 5.84 Å². The lowest BCUT2D eigenvalue weighted by molar-refractivity contribution is 0.244. The SMILES string of the molecule is CN(N)CCN1CCC(F)C1. The van der Waals surface area contributed by atoms with Crippen molar-refractivity contribution in [2.75, 3.05) is 33.2 Å². The van der Waals surface area contributed by atoms with E-state index in [0.717, 1.165) is 19.6 Å². The van der Waals surface area contributed by atoms with Crippen LogP contribution in [-0.4, -0.2) is 49.3 Å². The van der Waals surface area contributed by atoms with Gasteiger partial charge in [0.2, 0.25) is 0 Å². The maximum Gasteiger partial charge on any atom is 0.114 e. The smallest absolute Gasteiger partial charge is 0.114 e. The third kappa shape index (κ3) is 3.14. The first-order valence-electron chi connectivity index (χ1n) is 4.01. The number of likely N-dealkylation sites (N-methyl/N-ethyl adjacent to an activating group) is 1. The van der Waals surface area contributed by atoms with Crippen LogP contribution in [0.4, 0.5) is 4.39 Å². The Morgan fingerprint density at radius 1 is 1.73 bits per heavy atom. The average Bonchev–Trinajstić information content (AvgIpc) is 2.31. The molecule has 11 heavy (non-hydrogen) atoms. The van der Waals surface area contributed by atoms with Crippen molar-refractivity contribution in [2.45, 2.75) is 12.6 Å². The Labute approximate surface area is 66.9 Å². The topological polar surface area (TPSA) is 32.5 Å². The zero-order valence-electron chi connectivity index (χ0n) is 6.96. The van der Waals surface area contributed by atoms with Crippen LogP contribution < -0.4 is 5.84 Å². The Morgan fingerprint density at radius 2 is 2.45 bits per heavy atom. The van der Waals surface area contributed by atoms with Crippen LogP contribution in [0.3, 0.4) is 0 Å². The molecular formula is C7H16FN3. The molecule has 1 heterocycles. The summed E-state index contributed by atoms with van der Waals surface area (Å²) in [5.74, 6) is 5.42. The Kier molecular flexibility index (Phi) is 3.23. The van der Waals surface area contributed by atoms with Crippen molar-refractivity contribution in [3.05, 3.63) is 0 Å². The number of halogens is 1. The van der Waals surface area contributed by atoms with Gasteiger partial charge >= 0.3 is 0 Å². The molecule has 1 aliphatic rings. The molecule has 1 unspecified atom stereocenters. The number of nitrogens with two attached hydrogens (primary N) is 1. The molecule has 1 rings (SSSR count). The van der Waals surface area contributed by atoms with E-state index in [0.29, 0.717) is 13.0 Å². The van der Waals surface area contributed by atoms with Crippen LogP contribution in [0.1, 0.15) is 6.42 Å². The predicted octanol–water partition coefficient (Wildman–Crippen LogP) is -0.164. The minimum atomic E-state index is -0.613. The second-order valence-corrected chi connectivity index (χ2v) is 3.17. The summed E-state index contributed by atoms with van der Waals surface area (Å²) in [4.78, 5) is 2.11. The summed E-state index contributed by atoms with van der Waals surface area (Å²) in [5.41, 5.74) is 0. The van der Waals surface area contributed by atoms with E-state index in [-0.39, 0.29) is 0 Å². The van der Waals surface area contributed by atoms with Crippen molar-refractivity contribution in [2.24, 2.45) is 5.84 Å². The standard InChI is InChI=1S/C7H16FN3/c1-10(9)4-5-11-3-2-7(8)6-11/h7H,2-6,9H2,1H3. The molecule has 66 valence electrons. The maximum absolute atomic E-state index is 12.6. The fraction of sp³-hybridized carbons (Fsp3) is 1.00. The molecule has 1 aliphatic heterocycles. The van der Waals surface area contributed by atoms with Gasteiger partial charge in [-0.2, -0.15) is 0 Å². The van der Waals surface area contributed by atoms with Gasteiger partial charge in [-0.3, -0.25) is 10.7 Å². The Hall–Kier alpha value is -0.190. The first-order chi connectivity index (χ1) is 5.18. The largest absolute Gasteiger partial charge is 0.299 e. The van der Waals surface area contributed by atoms with Gasteiger partial charge in [0.25, 0.3) is 0 Å². The lowest BCUT2D eigenvalue weighted by atomic mass is 10.3. The monoisotopic (exact) mass is 161 g/mol. The molecule has 0 amide bonds. The molecule has 0 spiro atoms. The van der Waals surface area contributed by atoms with Gasteiger partial charge in [-0.05, 0) is 6.42 Å². The number of rotatable bonds is 3. The summed E-state index contributed by atoms with van der Waals surface area (Å²) >= 11 is 0. The van der Waals surface area contributed by atoms with Crippen LogP contribution in [0, 0.1) is 0 Å². The molecule has 0 aromatic rings. The minimum Gasteiger partial charge on any atom is -0.299 e. The zero-order chi connectivity index (χ0) is 8.27. The lowest BCUT2D eigenvalue weighted by Crippen LogP contribution is -2.35. The van der Waals surface area contributed by atoms with Crippen molar-refractivity contribution < 1.29 is 4.39 Å². The molecule has 0 radical (unpaired) electrons. The van der Waals surface area contributed by atoms with Gasteiger partial charge in [0.05, 0.1) is 0 Å². The average molecular weight is 161 g/mol. The van der Waals surface area contributed by atoms with Crippen molar-refractivity contribution in [3.8, 4) is 0 Å². The molecule has 3 nitrogen and oxygen atoms in total. The highest BCUT2D eigenvalue weighted by molar-refractivity contribution is 4.74. The van der Waals surface area contributed by atoms with Gasteiger partial charge in [0, 0.05) is 33.2 Å². The normalized spacial score (nSPS) is 26.7. The Balaban J connectivity index is 2.08. The molecule has 0 aliphatic carbocycles. The number of hydrogen-bond acceptors (Lipinski definition) is 3. The second-order valence-electron chi connectivity index (χ2n) is 3.17. The summed E-state index contributed by atoms with van der Waals surface area (Å²) in [5, 5.41) is 1.63. The van der Waals surface area contributed by atoms with Crippen LogP contribution >= 0.6 is 0 Å². The van der Waals surface area contributed by atoms with Crippen LogP contribution in [-0.2, 0) is 0 Å². The maximum atomic E-state index is 12.6. The number of alkyl halides is 1. The molecule has 0 aromatic carbocycles. The fourth-order valence-corrected chi connectivity index (χ4v) is 1.29. The first-order valence-corrected chi connectivity index (χ1v) is 4.01. The van der Waals surface area contributed by atoms with Crippen molar-refractivity contribution in [1.29, 1.82) is 0 Å². The van der Waals surface area contributed by atoms with E-state index in [1.165, 1.54) is 0 Å². The molecule has 0 aromatic heterocycles. The molecular weight excluding hydrogens is 145 g/mol. The summed E-state index contributed by atoms with van der Waals surface area (Å²) in [6, 6.07) is 0. The van der Waals surface area contributed by atoms with E-state index in [2.05, 4.69) is 4.90 Å². The first kappa shape index (κ1) is 8.90. The van der Waals surface area contributed by atoms with Crippen LogP contribution in [0.5, 0.6) is 0 Å². The van der Waals surface area contributed by atoms with Gasteiger partial charge in [-0.25, -0.2) is 9.40 Å². The predicted molar refractivity (Wildman–Crippen MR) is 42.8 cm³/mol. The third-order valence-corrected chi connectivity index (χ3v) is 1.98. The van der Waals surface area contributed by atoms with Gasteiger partial charge in [-0.1, -0.05) is 0 Å². The summed E-state index contributed by atoms with van der Waals surface area (Å²) in [6.45, 7) is 3.17. The summed E-state index contributed by atoms with van der Waals surface area (Å²) < 4.78 is 12.6. The van der Waals surface area contributed by atoms with Gasteiger partial charge in [0.15, 0.2) is 0 Å². The van der Waals surface area contributed by atoms with Crippen LogP contribution in [0.2, 0.25) is 0 Å². The van der Waals surface area contributed by atoms with Gasteiger partial charge < -0.3 is 0 Å². The number of nitrogens with zero attached hydrogens (tertiary/aromatic N) is 2. The van der Waals surface area contributed by atoms with Gasteiger partial charge in [0.1, 0.15) is 6.17 Å². The van der Waals surface area contributed by atoms with E-state index >= 15 is 0 Å². The van der Waals surface area contributed by atoms with Crippen molar-refractivity contribution in [3.63, 3.8) is 0 Å². The Morgan fingerprint density at radius 3 is 2.91 bits per heavy atom. The van der Waals surface area contributed by atoms with E-state index in [1.54, 1.807) is 5.01 Å². The molecule has 1 atom stereocenters. The van der Waals surface area contributed by atoms with Crippen LogP contribution in [0.15, 0.2) is 0 Å². The summed E-state index contributed by atoms with van der Waals surface area (Å²) in [6.07, 6.45) is 0.0759. The molecule has 1 fully saturated rings. The molecule has 2 N–H and O–H groups in total. The van der Waals surface area contributed by atoms with Gasteiger partial charge in [-0.15, -0.1) is 0 Å². The van der Waals surface area contributed by atoms with Crippen molar-refractivity contribution >= 4 is 0 Å². The Bertz CT molecular complexity index is 118. The highest BCUT2D eigenvalue weighted by atomic mass is 19.1. The van der Waals surface area contributed by atoms with E-state index in [1.807, 2.05) is 7.05 Å². The number of hydrazine groups is 1.